The molecule has 3 rings (SSSR count). The van der Waals surface area contributed by atoms with E-state index in [1.807, 2.05) is 0 Å². The monoisotopic (exact) mass is 486 g/mol. The zero-order valence-corrected chi connectivity index (χ0v) is 22.6. The summed E-state index contributed by atoms with van der Waals surface area (Å²) in [6.45, 7) is 11.7. The number of hydrogen-bond donors (Lipinski definition) is 0. The van der Waals surface area contributed by atoms with Crippen molar-refractivity contribution in [2.24, 2.45) is 5.41 Å². The van der Waals surface area contributed by atoms with Crippen LogP contribution < -0.4 is 42.4 Å². The standard InChI is InChI=1S/C23H29Si.3ClH.Ti/c1-17-10-9-11-21(14-17)24-23(15-18(2)19(3)20(23)4)16-22(5)12-7-6-8-13-22;;;;/h6-12,14H,13,16,24H2,1-5H3;3*1H;/q;;;;+3/p-3. The van der Waals surface area contributed by atoms with E-state index in [9.17, 15) is 0 Å². The molecule has 0 saturated heterocycles. The molecule has 2 unspecified atom stereocenters. The topological polar surface area (TPSA) is 0 Å². The minimum absolute atomic E-state index is 0. The van der Waals surface area contributed by atoms with Crippen molar-refractivity contribution in [3.05, 3.63) is 74.7 Å². The smallest absolute Gasteiger partial charge is 1.00 e. The van der Waals surface area contributed by atoms with Crippen molar-refractivity contribution in [3.63, 3.8) is 0 Å². The summed E-state index contributed by atoms with van der Waals surface area (Å²) in [7, 11) is -0.477. The van der Waals surface area contributed by atoms with E-state index in [1.54, 1.807) is 14.6 Å². The molecule has 0 N–H and O–H groups in total. The summed E-state index contributed by atoms with van der Waals surface area (Å²) in [6.07, 6.45) is 11.6. The van der Waals surface area contributed by atoms with Crippen molar-refractivity contribution in [2.75, 3.05) is 0 Å². The van der Waals surface area contributed by atoms with Crippen LogP contribution in [0.1, 0.15) is 46.1 Å². The Bertz CT molecular complexity index is 799. The van der Waals surface area contributed by atoms with Gasteiger partial charge >= 0.3 is 168 Å². The van der Waals surface area contributed by atoms with Gasteiger partial charge in [0.25, 0.3) is 0 Å². The fourth-order valence-electron chi connectivity index (χ4n) is 4.64. The van der Waals surface area contributed by atoms with Crippen molar-refractivity contribution >= 4 is 14.7 Å². The van der Waals surface area contributed by atoms with Crippen molar-refractivity contribution in [2.45, 2.75) is 52.5 Å². The van der Waals surface area contributed by atoms with Gasteiger partial charge in [0.1, 0.15) is 0 Å². The van der Waals surface area contributed by atoms with Crippen LogP contribution in [0.25, 0.3) is 0 Å². The first kappa shape index (κ1) is 28.0. The molecule has 0 spiro atoms. The fourth-order valence-corrected chi connectivity index (χ4v) is 8.82. The van der Waals surface area contributed by atoms with Gasteiger partial charge in [-0.3, -0.25) is 0 Å². The molecule has 0 saturated carbocycles. The Morgan fingerprint density at radius 1 is 1.00 bits per heavy atom. The predicted octanol–water partition coefficient (Wildman–Crippen LogP) is -3.96. The van der Waals surface area contributed by atoms with Crippen LogP contribution in [0.4, 0.5) is 0 Å². The molecule has 2 aliphatic carbocycles. The van der Waals surface area contributed by atoms with Crippen LogP contribution in [0.5, 0.6) is 0 Å². The Kier molecular flexibility index (Phi) is 10.8. The summed E-state index contributed by atoms with van der Waals surface area (Å²) in [5, 5.41) is 1.88. The maximum Gasteiger partial charge on any atom is -1.00 e. The molecule has 0 amide bonds. The van der Waals surface area contributed by atoms with Crippen molar-refractivity contribution in [1.82, 2.24) is 0 Å². The SMILES string of the molecule is CC1=C(C)C(CC2(C)C=CC=CC2)([SiH2]c2cccc(C)c2)[C]([Ti+3])=C1C.[Cl-].[Cl-].[Cl-]. The molecule has 0 bridgehead atoms. The molecule has 28 heavy (non-hydrogen) atoms. The number of benzene rings is 1. The third-order valence-corrected chi connectivity index (χ3v) is 10.8. The van der Waals surface area contributed by atoms with Gasteiger partial charge in [-0.15, -0.1) is 0 Å². The molecule has 1 aromatic carbocycles. The van der Waals surface area contributed by atoms with Crippen molar-refractivity contribution < 1.29 is 57.7 Å². The average Bonchev–Trinajstić information content (AvgIpc) is 2.71. The van der Waals surface area contributed by atoms with Crippen LogP contribution in [-0.4, -0.2) is 9.52 Å². The molecule has 0 aliphatic heterocycles. The minimum atomic E-state index is -0.477. The van der Waals surface area contributed by atoms with Crippen molar-refractivity contribution in [1.29, 1.82) is 0 Å². The first-order chi connectivity index (χ1) is 11.8. The Morgan fingerprint density at radius 2 is 1.68 bits per heavy atom. The van der Waals surface area contributed by atoms with Crippen LogP contribution in [-0.2, 0) is 20.4 Å². The van der Waals surface area contributed by atoms with Gasteiger partial charge < -0.3 is 37.2 Å². The second kappa shape index (κ2) is 10.8. The molecule has 0 aromatic heterocycles. The van der Waals surface area contributed by atoms with E-state index in [2.05, 4.69) is 104 Å². The van der Waals surface area contributed by atoms with Gasteiger partial charge in [-0.1, -0.05) is 0 Å². The van der Waals surface area contributed by atoms with E-state index in [1.165, 1.54) is 23.1 Å². The van der Waals surface area contributed by atoms with Gasteiger partial charge in [0.2, 0.25) is 0 Å². The van der Waals surface area contributed by atoms with Crippen molar-refractivity contribution in [3.8, 4) is 0 Å². The third-order valence-electron chi connectivity index (χ3n) is 6.32. The second-order valence-corrected chi connectivity index (χ2v) is 11.5. The molecule has 2 atom stereocenters. The van der Waals surface area contributed by atoms with Gasteiger partial charge in [0, 0.05) is 0 Å². The van der Waals surface area contributed by atoms with Crippen LogP contribution >= 0.6 is 0 Å². The van der Waals surface area contributed by atoms with Gasteiger partial charge in [0.15, 0.2) is 0 Å². The summed E-state index contributed by atoms with van der Waals surface area (Å²) in [5.74, 6) is 0. The van der Waals surface area contributed by atoms with Gasteiger partial charge in [0.05, 0.1) is 0 Å². The Hall–Kier alpha value is -0.0188. The first-order valence-electron chi connectivity index (χ1n) is 9.29. The fraction of sp³-hybridized carbons (Fsp3) is 0.391. The number of hydrogen-bond acceptors (Lipinski definition) is 0. The largest absolute Gasteiger partial charge is 1.00 e. The number of aryl methyl sites for hydroxylation is 1. The number of allylic oxidation sites excluding steroid dienone is 8. The molecule has 0 heterocycles. The maximum atomic E-state index is 2.45. The van der Waals surface area contributed by atoms with E-state index >= 15 is 0 Å². The van der Waals surface area contributed by atoms with Crippen LogP contribution in [0.15, 0.2) is 69.2 Å². The predicted molar refractivity (Wildman–Crippen MR) is 109 cm³/mol. The molecular formula is C23H29Cl3SiTi. The van der Waals surface area contributed by atoms with Crippen LogP contribution in [0.3, 0.4) is 0 Å². The Labute approximate surface area is 203 Å². The normalized spacial score (nSPS) is 26.4. The summed E-state index contributed by atoms with van der Waals surface area (Å²) < 4.78 is 1.64. The van der Waals surface area contributed by atoms with Gasteiger partial charge in [-0.2, -0.15) is 0 Å². The Balaban J connectivity index is 0.00000243. The molecule has 2 aliphatic rings. The van der Waals surface area contributed by atoms with E-state index < -0.39 is 9.52 Å². The number of rotatable bonds is 4. The molecule has 0 nitrogen and oxygen atoms in total. The maximum absolute atomic E-state index is 2.45. The quantitative estimate of drug-likeness (QED) is 0.381. The van der Waals surface area contributed by atoms with Crippen LogP contribution in [0.2, 0.25) is 5.04 Å². The zero-order chi connectivity index (χ0) is 18.2. The molecule has 5 heteroatoms. The van der Waals surface area contributed by atoms with E-state index in [0.717, 1.165) is 6.42 Å². The summed E-state index contributed by atoms with van der Waals surface area (Å²) in [4.78, 5) is 0. The Morgan fingerprint density at radius 3 is 2.18 bits per heavy atom. The molecule has 150 valence electrons. The first-order valence-corrected chi connectivity index (χ1v) is 11.5. The average molecular weight is 488 g/mol. The summed E-state index contributed by atoms with van der Waals surface area (Å²) in [6, 6.07) is 9.25. The molecule has 0 fully saturated rings. The van der Waals surface area contributed by atoms with Crippen LogP contribution in [0, 0.1) is 12.3 Å². The van der Waals surface area contributed by atoms with Gasteiger partial charge in [-0.05, 0) is 0 Å². The molecular weight excluding hydrogens is 459 g/mol. The zero-order valence-electron chi connectivity index (χ0n) is 17.4. The van der Waals surface area contributed by atoms with E-state index in [-0.39, 0.29) is 47.7 Å². The van der Waals surface area contributed by atoms with Gasteiger partial charge in [-0.25, -0.2) is 0 Å². The number of halogens is 3. The molecule has 0 radical (unpaired) electrons. The summed E-state index contributed by atoms with van der Waals surface area (Å²) in [5.41, 5.74) is 6.37. The van der Waals surface area contributed by atoms with E-state index in [0.29, 0.717) is 0 Å². The minimum Gasteiger partial charge on any atom is -1.00 e. The molecule has 1 aromatic rings. The summed E-state index contributed by atoms with van der Waals surface area (Å²) >= 11 is 2.41. The third kappa shape index (κ3) is 5.36. The second-order valence-electron chi connectivity index (χ2n) is 8.32. The van der Waals surface area contributed by atoms with E-state index in [4.69, 9.17) is 0 Å².